The number of halogens is 3. The van der Waals surface area contributed by atoms with Crippen LogP contribution in [0.15, 0.2) is 66.9 Å². The Hall–Kier alpha value is -4.09. The fourth-order valence-corrected chi connectivity index (χ4v) is 4.37. The number of hydrogen-bond donors (Lipinski definition) is 1. The number of nitriles is 1. The van der Waals surface area contributed by atoms with E-state index in [2.05, 4.69) is 10.3 Å². The van der Waals surface area contributed by atoms with Crippen LogP contribution in [-0.2, 0) is 4.79 Å². The van der Waals surface area contributed by atoms with Crippen molar-refractivity contribution in [3.8, 4) is 17.2 Å². The minimum absolute atomic E-state index is 0.294. The van der Waals surface area contributed by atoms with E-state index in [4.69, 9.17) is 16.9 Å². The molecule has 35 heavy (non-hydrogen) atoms. The molecule has 6 nitrogen and oxygen atoms in total. The van der Waals surface area contributed by atoms with Crippen molar-refractivity contribution in [1.82, 2.24) is 15.2 Å². The number of amides is 2. The van der Waals surface area contributed by atoms with Crippen LogP contribution in [0.5, 0.6) is 0 Å². The molecule has 0 radical (unpaired) electrons. The van der Waals surface area contributed by atoms with Crippen LogP contribution in [-0.4, -0.2) is 46.8 Å². The van der Waals surface area contributed by atoms with E-state index in [1.807, 2.05) is 48.5 Å². The van der Waals surface area contributed by atoms with Crippen molar-refractivity contribution in [2.45, 2.75) is 12.0 Å². The maximum atomic E-state index is 13.4. The lowest BCUT2D eigenvalue weighted by molar-refractivity contribution is -0.180. The van der Waals surface area contributed by atoms with Gasteiger partial charge in [-0.05, 0) is 58.3 Å². The van der Waals surface area contributed by atoms with Crippen molar-refractivity contribution in [2.24, 2.45) is 0 Å². The van der Waals surface area contributed by atoms with Crippen LogP contribution in [0.1, 0.15) is 10.4 Å². The highest BCUT2D eigenvalue weighted by molar-refractivity contribution is 6.31. The second-order valence-corrected chi connectivity index (χ2v) is 8.73. The fourth-order valence-electron chi connectivity index (χ4n) is 4.19. The highest BCUT2D eigenvalue weighted by Crippen LogP contribution is 2.34. The summed E-state index contributed by atoms with van der Waals surface area (Å²) in [4.78, 5) is 30.2. The van der Waals surface area contributed by atoms with E-state index in [1.165, 1.54) is 18.3 Å². The minimum atomic E-state index is -3.23. The summed E-state index contributed by atoms with van der Waals surface area (Å²) in [5.74, 6) is -4.52. The van der Waals surface area contributed by atoms with Crippen LogP contribution < -0.4 is 5.32 Å². The van der Waals surface area contributed by atoms with E-state index in [9.17, 15) is 18.4 Å². The van der Waals surface area contributed by atoms with E-state index in [0.29, 0.717) is 21.5 Å². The van der Waals surface area contributed by atoms with Gasteiger partial charge in [0.2, 0.25) is 5.91 Å². The van der Waals surface area contributed by atoms with Crippen LogP contribution in [0, 0.1) is 11.3 Å². The van der Waals surface area contributed by atoms with Crippen molar-refractivity contribution in [3.63, 3.8) is 0 Å². The van der Waals surface area contributed by atoms with E-state index < -0.39 is 36.9 Å². The van der Waals surface area contributed by atoms with E-state index in [0.717, 1.165) is 26.8 Å². The quantitative estimate of drug-likeness (QED) is 0.445. The Balaban J connectivity index is 1.39. The van der Waals surface area contributed by atoms with Crippen molar-refractivity contribution in [2.75, 3.05) is 13.1 Å². The fraction of sp³-hybridized carbons (Fsp3) is 0.154. The lowest BCUT2D eigenvalue weighted by Gasteiger charge is -2.43. The molecule has 0 spiro atoms. The Morgan fingerprint density at radius 2 is 1.80 bits per heavy atom. The number of hydrogen-bond acceptors (Lipinski definition) is 4. The maximum Gasteiger partial charge on any atom is 0.298 e. The third-order valence-corrected chi connectivity index (χ3v) is 6.29. The number of benzene rings is 3. The molecule has 0 aliphatic carbocycles. The Morgan fingerprint density at radius 1 is 1.09 bits per heavy atom. The zero-order valence-electron chi connectivity index (χ0n) is 18.1. The molecule has 2 heterocycles. The first-order valence-electron chi connectivity index (χ1n) is 10.7. The zero-order chi connectivity index (χ0) is 24.7. The zero-order valence-corrected chi connectivity index (χ0v) is 18.9. The molecule has 5 rings (SSSR count). The first-order valence-corrected chi connectivity index (χ1v) is 11.1. The second kappa shape index (κ2) is 8.60. The molecular formula is C26H17ClF2N4O2. The van der Waals surface area contributed by atoms with Crippen molar-refractivity contribution in [3.05, 3.63) is 77.4 Å². The molecule has 3 aromatic carbocycles. The van der Waals surface area contributed by atoms with Crippen LogP contribution in [0.2, 0.25) is 5.02 Å². The smallest absolute Gasteiger partial charge is 0.298 e. The lowest BCUT2D eigenvalue weighted by Crippen LogP contribution is -2.67. The monoisotopic (exact) mass is 490 g/mol. The summed E-state index contributed by atoms with van der Waals surface area (Å²) in [5, 5.41) is 14.6. The molecule has 4 aromatic rings. The van der Waals surface area contributed by atoms with Gasteiger partial charge in [-0.25, -0.2) is 8.78 Å². The summed E-state index contributed by atoms with van der Waals surface area (Å²) in [6, 6.07) is 18.3. The number of carbonyl (C=O) groups excluding carboxylic acids is 2. The number of aromatic nitrogens is 1. The van der Waals surface area contributed by atoms with Crippen LogP contribution >= 0.6 is 11.6 Å². The second-order valence-electron chi connectivity index (χ2n) is 8.29. The highest BCUT2D eigenvalue weighted by Gasteiger charge is 2.57. The molecule has 1 aromatic heterocycles. The molecule has 1 saturated heterocycles. The van der Waals surface area contributed by atoms with Gasteiger partial charge in [0, 0.05) is 16.6 Å². The van der Waals surface area contributed by atoms with Gasteiger partial charge < -0.3 is 10.2 Å². The predicted octanol–water partition coefficient (Wildman–Crippen LogP) is 4.81. The Morgan fingerprint density at radius 3 is 2.57 bits per heavy atom. The van der Waals surface area contributed by atoms with E-state index >= 15 is 0 Å². The van der Waals surface area contributed by atoms with Gasteiger partial charge in [0.25, 0.3) is 11.8 Å². The van der Waals surface area contributed by atoms with Gasteiger partial charge in [0.05, 0.1) is 30.2 Å². The van der Waals surface area contributed by atoms with E-state index in [-0.39, 0.29) is 0 Å². The summed E-state index contributed by atoms with van der Waals surface area (Å²) >= 11 is 6.07. The minimum Gasteiger partial charge on any atom is -0.343 e. The van der Waals surface area contributed by atoms with Gasteiger partial charge in [-0.3, -0.25) is 14.6 Å². The number of pyridine rings is 1. The first-order chi connectivity index (χ1) is 16.8. The molecule has 1 aliphatic heterocycles. The van der Waals surface area contributed by atoms with Gasteiger partial charge in [0.15, 0.2) is 6.04 Å². The molecular weight excluding hydrogens is 474 g/mol. The molecule has 0 bridgehead atoms. The third kappa shape index (κ3) is 4.15. The Kier molecular flexibility index (Phi) is 5.58. The number of carbonyl (C=O) groups is 2. The van der Waals surface area contributed by atoms with Gasteiger partial charge >= 0.3 is 0 Å². The number of fused-ring (bicyclic) bond motifs is 2. The molecule has 1 fully saturated rings. The van der Waals surface area contributed by atoms with E-state index in [1.54, 1.807) is 6.07 Å². The summed E-state index contributed by atoms with van der Waals surface area (Å²) < 4.78 is 26.8. The average Bonchev–Trinajstić information content (AvgIpc) is 2.85. The van der Waals surface area contributed by atoms with Crippen LogP contribution in [0.25, 0.3) is 32.8 Å². The van der Waals surface area contributed by atoms with Gasteiger partial charge in [-0.15, -0.1) is 0 Å². The highest BCUT2D eigenvalue weighted by atomic mass is 35.5. The van der Waals surface area contributed by atoms with Gasteiger partial charge in [-0.1, -0.05) is 35.9 Å². The molecule has 1 N–H and O–H groups in total. The van der Waals surface area contributed by atoms with Gasteiger partial charge in [0.1, 0.15) is 0 Å². The average molecular weight is 491 g/mol. The summed E-state index contributed by atoms with van der Waals surface area (Å²) in [5.41, 5.74) is 2.69. The normalized spacial score (nSPS) is 16.5. The number of nitrogens with one attached hydrogen (secondary N) is 1. The van der Waals surface area contributed by atoms with Crippen LogP contribution in [0.4, 0.5) is 8.78 Å². The number of likely N-dealkylation sites (tertiary alicyclic amines) is 1. The summed E-state index contributed by atoms with van der Waals surface area (Å²) in [7, 11) is 0. The van der Waals surface area contributed by atoms with Crippen molar-refractivity contribution in [1.29, 1.82) is 5.26 Å². The SMILES string of the molecule is N#C[C@H]1N(C(=O)CNC(=O)c2ccnc3ccc(-c4ccc5cc(Cl)ccc5c4)cc23)CC1(F)F. The Bertz CT molecular complexity index is 1550. The molecule has 0 unspecified atom stereocenters. The third-order valence-electron chi connectivity index (χ3n) is 6.06. The predicted molar refractivity (Wildman–Crippen MR) is 128 cm³/mol. The molecule has 174 valence electrons. The largest absolute Gasteiger partial charge is 0.343 e. The molecule has 1 atom stereocenters. The van der Waals surface area contributed by atoms with Gasteiger partial charge in [-0.2, -0.15) is 5.26 Å². The van der Waals surface area contributed by atoms with Crippen LogP contribution in [0.3, 0.4) is 0 Å². The number of alkyl halides is 2. The van der Waals surface area contributed by atoms with Crippen molar-refractivity contribution < 1.29 is 18.4 Å². The standard InChI is InChI=1S/C26H17ClF2N4O2/c27-19-5-3-16-9-15(1-2-17(16)10-19)18-4-6-22-21(11-18)20(7-8-31-22)25(35)32-13-24(34)33-14-26(28,29)23(33)12-30/h1-11,23H,13-14H2,(H,32,35)/t23-/m1/s1. The first kappa shape index (κ1) is 22.7. The maximum absolute atomic E-state index is 13.4. The summed E-state index contributed by atoms with van der Waals surface area (Å²) in [6.45, 7) is -1.33. The number of rotatable bonds is 4. The molecule has 1 aliphatic rings. The molecule has 2 amide bonds. The molecule has 9 heteroatoms. The lowest BCUT2D eigenvalue weighted by atomic mass is 9.98. The number of nitrogens with zero attached hydrogens (tertiary/aromatic N) is 3. The van der Waals surface area contributed by atoms with Crippen molar-refractivity contribution >= 4 is 45.1 Å². The topological polar surface area (TPSA) is 86.1 Å². The molecule has 0 saturated carbocycles. The summed E-state index contributed by atoms with van der Waals surface area (Å²) in [6.07, 6.45) is 1.49. The Labute approximate surface area is 203 Å².